The second kappa shape index (κ2) is 4.74. The highest BCUT2D eigenvalue weighted by molar-refractivity contribution is 5.77. The van der Waals surface area contributed by atoms with E-state index in [0.717, 1.165) is 6.42 Å². The molecule has 2 N–H and O–H groups in total. The lowest BCUT2D eigenvalue weighted by molar-refractivity contribution is -0.122. The monoisotopic (exact) mass is 227 g/mol. The number of primary amides is 1. The highest BCUT2D eigenvalue weighted by atomic mass is 16.5. The number of amides is 1. The Kier molecular flexibility index (Phi) is 4.00. The van der Waals surface area contributed by atoms with Crippen LogP contribution < -0.4 is 5.73 Å². The van der Waals surface area contributed by atoms with E-state index in [4.69, 9.17) is 10.5 Å². The number of hydrogen-bond donors (Lipinski definition) is 1. The Labute approximate surface area is 98.7 Å². The SMILES string of the molecule is CCC(C)(C)C(C)C1OC[C@@H](C(N)=O)[C@@H]1C. The van der Waals surface area contributed by atoms with Crippen LogP contribution >= 0.6 is 0 Å². The summed E-state index contributed by atoms with van der Waals surface area (Å²) in [7, 11) is 0. The van der Waals surface area contributed by atoms with Crippen molar-refractivity contribution in [1.82, 2.24) is 0 Å². The van der Waals surface area contributed by atoms with Crippen LogP contribution in [0.3, 0.4) is 0 Å². The smallest absolute Gasteiger partial charge is 0.223 e. The topological polar surface area (TPSA) is 52.3 Å². The Morgan fingerprint density at radius 2 is 2.12 bits per heavy atom. The van der Waals surface area contributed by atoms with E-state index < -0.39 is 0 Å². The first-order valence-corrected chi connectivity index (χ1v) is 6.22. The van der Waals surface area contributed by atoms with Crippen molar-refractivity contribution in [2.45, 2.75) is 47.1 Å². The minimum absolute atomic E-state index is 0.111. The summed E-state index contributed by atoms with van der Waals surface area (Å²) >= 11 is 0. The Balaban J connectivity index is 2.73. The molecule has 0 aromatic rings. The quantitative estimate of drug-likeness (QED) is 0.800. The van der Waals surface area contributed by atoms with Gasteiger partial charge in [-0.25, -0.2) is 0 Å². The van der Waals surface area contributed by atoms with E-state index in [0.29, 0.717) is 12.5 Å². The summed E-state index contributed by atoms with van der Waals surface area (Å²) in [6.45, 7) is 11.5. The summed E-state index contributed by atoms with van der Waals surface area (Å²) in [5.41, 5.74) is 5.61. The molecule has 0 saturated carbocycles. The standard InChI is InChI=1S/C13H25NO2/c1-6-13(4,5)9(3)11-8(2)10(7-16-11)12(14)15/h8-11H,6-7H2,1-5H3,(H2,14,15)/t8-,9?,10+,11?/m0/s1. The van der Waals surface area contributed by atoms with Crippen LogP contribution in [0.5, 0.6) is 0 Å². The molecular formula is C13H25NO2. The first kappa shape index (κ1) is 13.5. The molecular weight excluding hydrogens is 202 g/mol. The number of ether oxygens (including phenoxy) is 1. The molecule has 1 aliphatic rings. The third-order valence-electron chi connectivity index (χ3n) is 4.62. The molecule has 0 spiro atoms. The van der Waals surface area contributed by atoms with Gasteiger partial charge in [-0.3, -0.25) is 4.79 Å². The van der Waals surface area contributed by atoms with E-state index in [1.54, 1.807) is 0 Å². The Morgan fingerprint density at radius 1 is 1.56 bits per heavy atom. The van der Waals surface area contributed by atoms with Crippen molar-refractivity contribution in [3.63, 3.8) is 0 Å². The van der Waals surface area contributed by atoms with Gasteiger partial charge in [0, 0.05) is 0 Å². The fraction of sp³-hybridized carbons (Fsp3) is 0.923. The van der Waals surface area contributed by atoms with E-state index in [2.05, 4.69) is 34.6 Å². The zero-order valence-corrected chi connectivity index (χ0v) is 11.1. The molecule has 3 heteroatoms. The molecule has 0 aromatic carbocycles. The molecule has 4 atom stereocenters. The largest absolute Gasteiger partial charge is 0.377 e. The molecule has 0 radical (unpaired) electrons. The van der Waals surface area contributed by atoms with Crippen LogP contribution in [0.2, 0.25) is 0 Å². The minimum atomic E-state index is -0.225. The van der Waals surface area contributed by atoms with E-state index in [-0.39, 0.29) is 29.3 Å². The Bertz CT molecular complexity index is 263. The number of carbonyl (C=O) groups excluding carboxylic acids is 1. The van der Waals surface area contributed by atoms with Gasteiger partial charge in [-0.15, -0.1) is 0 Å². The average molecular weight is 227 g/mol. The maximum Gasteiger partial charge on any atom is 0.223 e. The van der Waals surface area contributed by atoms with Crippen molar-refractivity contribution in [3.8, 4) is 0 Å². The third-order valence-corrected chi connectivity index (χ3v) is 4.62. The van der Waals surface area contributed by atoms with Crippen molar-refractivity contribution in [3.05, 3.63) is 0 Å². The first-order chi connectivity index (χ1) is 7.31. The molecule has 3 nitrogen and oxygen atoms in total. The molecule has 94 valence electrons. The van der Waals surface area contributed by atoms with Gasteiger partial charge in [-0.2, -0.15) is 0 Å². The maximum absolute atomic E-state index is 11.2. The molecule has 16 heavy (non-hydrogen) atoms. The van der Waals surface area contributed by atoms with Crippen LogP contribution in [0, 0.1) is 23.2 Å². The summed E-state index contributed by atoms with van der Waals surface area (Å²) in [6, 6.07) is 0. The summed E-state index contributed by atoms with van der Waals surface area (Å²) in [6.07, 6.45) is 1.27. The van der Waals surface area contributed by atoms with Gasteiger partial charge in [0.05, 0.1) is 18.6 Å². The third kappa shape index (κ3) is 2.40. The maximum atomic E-state index is 11.2. The van der Waals surface area contributed by atoms with E-state index in [1.165, 1.54) is 0 Å². The summed E-state index contributed by atoms with van der Waals surface area (Å²) in [4.78, 5) is 11.2. The van der Waals surface area contributed by atoms with Crippen LogP contribution in [-0.4, -0.2) is 18.6 Å². The van der Waals surface area contributed by atoms with Gasteiger partial charge in [-0.05, 0) is 17.3 Å². The van der Waals surface area contributed by atoms with Gasteiger partial charge < -0.3 is 10.5 Å². The fourth-order valence-electron chi connectivity index (χ4n) is 2.45. The molecule has 0 aromatic heterocycles. The van der Waals surface area contributed by atoms with Crippen LogP contribution in [0.1, 0.15) is 41.0 Å². The van der Waals surface area contributed by atoms with E-state index in [1.807, 2.05) is 0 Å². The number of nitrogens with two attached hydrogens (primary N) is 1. The Morgan fingerprint density at radius 3 is 2.50 bits per heavy atom. The molecule has 1 heterocycles. The summed E-state index contributed by atoms with van der Waals surface area (Å²) in [5, 5.41) is 0. The highest BCUT2D eigenvalue weighted by Crippen LogP contribution is 2.40. The van der Waals surface area contributed by atoms with E-state index >= 15 is 0 Å². The zero-order valence-electron chi connectivity index (χ0n) is 11.1. The first-order valence-electron chi connectivity index (χ1n) is 6.22. The van der Waals surface area contributed by atoms with Gasteiger partial charge in [0.1, 0.15) is 0 Å². The van der Waals surface area contributed by atoms with Crippen molar-refractivity contribution >= 4 is 5.91 Å². The number of rotatable bonds is 4. The average Bonchev–Trinajstić information content (AvgIpc) is 2.59. The van der Waals surface area contributed by atoms with Crippen molar-refractivity contribution in [1.29, 1.82) is 0 Å². The summed E-state index contributed by atoms with van der Waals surface area (Å²) < 4.78 is 5.79. The van der Waals surface area contributed by atoms with Gasteiger partial charge in [0.2, 0.25) is 5.91 Å². The zero-order chi connectivity index (χ0) is 12.5. The van der Waals surface area contributed by atoms with Gasteiger partial charge in [-0.1, -0.05) is 41.0 Å². The normalized spacial score (nSPS) is 32.7. The molecule has 0 bridgehead atoms. The lowest BCUT2D eigenvalue weighted by atomic mass is 9.71. The van der Waals surface area contributed by atoms with Crippen LogP contribution in [0.15, 0.2) is 0 Å². The second-order valence-corrected chi connectivity index (χ2v) is 5.80. The molecule has 1 rings (SSSR count). The van der Waals surface area contributed by atoms with Crippen molar-refractivity contribution in [2.75, 3.05) is 6.61 Å². The van der Waals surface area contributed by atoms with Gasteiger partial charge >= 0.3 is 0 Å². The lowest BCUT2D eigenvalue weighted by Crippen LogP contribution is -2.37. The predicted octanol–water partition coefficient (Wildman–Crippen LogP) is 2.20. The fourth-order valence-corrected chi connectivity index (χ4v) is 2.45. The van der Waals surface area contributed by atoms with Crippen LogP contribution in [0.25, 0.3) is 0 Å². The number of carbonyl (C=O) groups is 1. The Hall–Kier alpha value is -0.570. The predicted molar refractivity (Wildman–Crippen MR) is 64.8 cm³/mol. The molecule has 1 aliphatic heterocycles. The van der Waals surface area contributed by atoms with E-state index in [9.17, 15) is 4.79 Å². The van der Waals surface area contributed by atoms with Crippen LogP contribution in [-0.2, 0) is 9.53 Å². The summed E-state index contributed by atoms with van der Waals surface area (Å²) in [5.74, 6) is 0.340. The molecule has 1 fully saturated rings. The van der Waals surface area contributed by atoms with Crippen molar-refractivity contribution < 1.29 is 9.53 Å². The van der Waals surface area contributed by atoms with Crippen LogP contribution in [0.4, 0.5) is 0 Å². The molecule has 1 amide bonds. The lowest BCUT2D eigenvalue weighted by Gasteiger charge is -2.36. The molecule has 2 unspecified atom stereocenters. The molecule has 0 aliphatic carbocycles. The van der Waals surface area contributed by atoms with Gasteiger partial charge in [0.25, 0.3) is 0 Å². The highest BCUT2D eigenvalue weighted by Gasteiger charge is 2.43. The van der Waals surface area contributed by atoms with Crippen molar-refractivity contribution in [2.24, 2.45) is 28.9 Å². The minimum Gasteiger partial charge on any atom is -0.377 e. The number of hydrogen-bond acceptors (Lipinski definition) is 2. The molecule has 1 saturated heterocycles. The second-order valence-electron chi connectivity index (χ2n) is 5.80. The van der Waals surface area contributed by atoms with Gasteiger partial charge in [0.15, 0.2) is 0 Å².